The van der Waals surface area contributed by atoms with Crippen molar-refractivity contribution < 1.29 is 4.79 Å². The maximum Gasteiger partial charge on any atom is 0.264 e. The minimum absolute atomic E-state index is 0.257. The lowest BCUT2D eigenvalue weighted by Crippen LogP contribution is -2.52. The summed E-state index contributed by atoms with van der Waals surface area (Å²) in [6, 6.07) is 5.04. The molecule has 2 fully saturated rings. The molecule has 20 heavy (non-hydrogen) atoms. The van der Waals surface area contributed by atoms with E-state index in [-0.39, 0.29) is 5.91 Å². The third kappa shape index (κ3) is 2.77. The van der Waals surface area contributed by atoms with Crippen LogP contribution in [-0.4, -0.2) is 36.0 Å². The van der Waals surface area contributed by atoms with Gasteiger partial charge in [0.15, 0.2) is 0 Å². The first-order chi connectivity index (χ1) is 9.79. The fourth-order valence-corrected chi connectivity index (χ4v) is 4.40. The normalized spacial score (nSPS) is 26.9. The Balaban J connectivity index is 1.76. The summed E-state index contributed by atoms with van der Waals surface area (Å²) in [6.45, 7) is 4.19. The molecule has 0 spiro atoms. The van der Waals surface area contributed by atoms with Gasteiger partial charge in [0.1, 0.15) is 0 Å². The molecule has 2 unspecified atom stereocenters. The van der Waals surface area contributed by atoms with Crippen LogP contribution in [0.15, 0.2) is 12.1 Å². The highest BCUT2D eigenvalue weighted by Gasteiger charge is 2.34. The molecule has 1 aromatic rings. The molecule has 1 aromatic heterocycles. The van der Waals surface area contributed by atoms with Crippen LogP contribution in [-0.2, 0) is 6.42 Å². The van der Waals surface area contributed by atoms with Gasteiger partial charge in [0.2, 0.25) is 0 Å². The van der Waals surface area contributed by atoms with E-state index >= 15 is 0 Å². The molecule has 0 radical (unpaired) electrons. The van der Waals surface area contributed by atoms with E-state index in [4.69, 9.17) is 0 Å². The predicted octanol–water partition coefficient (Wildman–Crippen LogP) is 3.06. The fourth-order valence-electron chi connectivity index (χ4n) is 3.49. The lowest BCUT2D eigenvalue weighted by atomic mass is 9.94. The SMILES string of the molecule is CCc1ccc(C(=O)N2CCCCC2C2CCCN2)s1. The molecule has 0 aromatic carbocycles. The molecular formula is C16H24N2OS. The van der Waals surface area contributed by atoms with Crippen molar-refractivity contribution in [3.05, 3.63) is 21.9 Å². The van der Waals surface area contributed by atoms with Gasteiger partial charge in [0.05, 0.1) is 4.88 Å². The fraction of sp³-hybridized carbons (Fsp3) is 0.688. The van der Waals surface area contributed by atoms with Crippen LogP contribution in [0.1, 0.15) is 53.6 Å². The van der Waals surface area contributed by atoms with E-state index in [1.54, 1.807) is 11.3 Å². The smallest absolute Gasteiger partial charge is 0.264 e. The number of rotatable bonds is 3. The Morgan fingerprint density at radius 1 is 1.35 bits per heavy atom. The monoisotopic (exact) mass is 292 g/mol. The standard InChI is InChI=1S/C16H24N2OS/c1-2-12-8-9-15(20-12)16(19)18-11-4-3-7-14(18)13-6-5-10-17-13/h8-9,13-14,17H,2-7,10-11H2,1H3. The summed E-state index contributed by atoms with van der Waals surface area (Å²) in [5.74, 6) is 0.257. The molecule has 110 valence electrons. The minimum atomic E-state index is 0.257. The van der Waals surface area contributed by atoms with Crippen molar-refractivity contribution in [1.82, 2.24) is 10.2 Å². The molecular weight excluding hydrogens is 268 g/mol. The first kappa shape index (κ1) is 14.1. The molecule has 2 atom stereocenters. The number of aryl methyl sites for hydroxylation is 1. The van der Waals surface area contributed by atoms with Gasteiger partial charge in [-0.25, -0.2) is 0 Å². The van der Waals surface area contributed by atoms with Crippen LogP contribution in [0, 0.1) is 0 Å². The number of piperidine rings is 1. The average Bonchev–Trinajstić information content (AvgIpc) is 3.17. The van der Waals surface area contributed by atoms with E-state index in [9.17, 15) is 4.79 Å². The first-order valence-corrected chi connectivity index (χ1v) is 8.74. The highest BCUT2D eigenvalue weighted by molar-refractivity contribution is 7.14. The zero-order valence-corrected chi connectivity index (χ0v) is 13.0. The van der Waals surface area contributed by atoms with Crippen LogP contribution in [0.4, 0.5) is 0 Å². The molecule has 0 bridgehead atoms. The summed E-state index contributed by atoms with van der Waals surface area (Å²) in [5.41, 5.74) is 0. The Hall–Kier alpha value is -0.870. The largest absolute Gasteiger partial charge is 0.333 e. The number of hydrogen-bond donors (Lipinski definition) is 1. The molecule has 3 heterocycles. The molecule has 2 aliphatic rings. The number of amides is 1. The highest BCUT2D eigenvalue weighted by Crippen LogP contribution is 2.27. The quantitative estimate of drug-likeness (QED) is 0.928. The van der Waals surface area contributed by atoms with Crippen molar-refractivity contribution in [2.45, 2.75) is 57.5 Å². The van der Waals surface area contributed by atoms with Crippen molar-refractivity contribution in [2.24, 2.45) is 0 Å². The van der Waals surface area contributed by atoms with E-state index in [2.05, 4.69) is 23.2 Å². The zero-order valence-electron chi connectivity index (χ0n) is 12.2. The van der Waals surface area contributed by atoms with E-state index in [0.717, 1.165) is 37.2 Å². The van der Waals surface area contributed by atoms with Gasteiger partial charge in [-0.2, -0.15) is 0 Å². The number of nitrogens with one attached hydrogen (secondary N) is 1. The second-order valence-corrected chi connectivity index (χ2v) is 7.05. The van der Waals surface area contributed by atoms with Crippen molar-refractivity contribution in [2.75, 3.05) is 13.1 Å². The van der Waals surface area contributed by atoms with Crippen LogP contribution < -0.4 is 5.32 Å². The number of thiophene rings is 1. The van der Waals surface area contributed by atoms with E-state index in [0.29, 0.717) is 12.1 Å². The Morgan fingerprint density at radius 2 is 2.25 bits per heavy atom. The van der Waals surface area contributed by atoms with E-state index < -0.39 is 0 Å². The Labute approximate surface area is 125 Å². The topological polar surface area (TPSA) is 32.3 Å². The predicted molar refractivity (Wildman–Crippen MR) is 83.4 cm³/mol. The molecule has 3 rings (SSSR count). The van der Waals surface area contributed by atoms with Crippen LogP contribution in [0.25, 0.3) is 0 Å². The van der Waals surface area contributed by atoms with Gasteiger partial charge in [-0.15, -0.1) is 11.3 Å². The van der Waals surface area contributed by atoms with E-state index in [1.165, 1.54) is 24.1 Å². The van der Waals surface area contributed by atoms with Crippen molar-refractivity contribution in [3.63, 3.8) is 0 Å². The van der Waals surface area contributed by atoms with Crippen LogP contribution in [0.3, 0.4) is 0 Å². The van der Waals surface area contributed by atoms with Gasteiger partial charge in [-0.1, -0.05) is 6.92 Å². The zero-order chi connectivity index (χ0) is 13.9. The second kappa shape index (κ2) is 6.27. The summed E-state index contributed by atoms with van der Waals surface area (Å²) in [4.78, 5) is 17.2. The number of carbonyl (C=O) groups excluding carboxylic acids is 1. The molecule has 1 amide bonds. The molecule has 0 aliphatic carbocycles. The maximum atomic E-state index is 12.8. The van der Waals surface area contributed by atoms with Gasteiger partial charge in [-0.05, 0) is 57.2 Å². The van der Waals surface area contributed by atoms with Crippen LogP contribution in [0.5, 0.6) is 0 Å². The van der Waals surface area contributed by atoms with Crippen molar-refractivity contribution >= 4 is 17.2 Å². The number of hydrogen-bond acceptors (Lipinski definition) is 3. The second-order valence-electron chi connectivity index (χ2n) is 5.88. The first-order valence-electron chi connectivity index (χ1n) is 7.92. The Kier molecular flexibility index (Phi) is 4.41. The summed E-state index contributed by atoms with van der Waals surface area (Å²) in [6.07, 6.45) is 7.07. The molecule has 2 saturated heterocycles. The van der Waals surface area contributed by atoms with E-state index in [1.807, 2.05) is 6.07 Å². The van der Waals surface area contributed by atoms with Crippen LogP contribution >= 0.6 is 11.3 Å². The number of nitrogens with zero attached hydrogens (tertiary/aromatic N) is 1. The van der Waals surface area contributed by atoms with Gasteiger partial charge in [0.25, 0.3) is 5.91 Å². The Bertz CT molecular complexity index is 465. The maximum absolute atomic E-state index is 12.8. The Morgan fingerprint density at radius 3 is 2.95 bits per heavy atom. The number of carbonyl (C=O) groups is 1. The molecule has 3 nitrogen and oxygen atoms in total. The lowest BCUT2D eigenvalue weighted by molar-refractivity contribution is 0.0568. The third-order valence-electron chi connectivity index (χ3n) is 4.59. The lowest BCUT2D eigenvalue weighted by Gasteiger charge is -2.39. The molecule has 2 aliphatic heterocycles. The molecule has 0 saturated carbocycles. The summed E-state index contributed by atoms with van der Waals surface area (Å²) in [5, 5.41) is 3.59. The van der Waals surface area contributed by atoms with Crippen molar-refractivity contribution in [1.29, 1.82) is 0 Å². The number of likely N-dealkylation sites (tertiary alicyclic amines) is 1. The van der Waals surface area contributed by atoms with Crippen LogP contribution in [0.2, 0.25) is 0 Å². The third-order valence-corrected chi connectivity index (χ3v) is 5.81. The van der Waals surface area contributed by atoms with Gasteiger partial charge in [-0.3, -0.25) is 4.79 Å². The summed E-state index contributed by atoms with van der Waals surface area (Å²) in [7, 11) is 0. The van der Waals surface area contributed by atoms with Gasteiger partial charge in [0, 0.05) is 23.5 Å². The highest BCUT2D eigenvalue weighted by atomic mass is 32.1. The minimum Gasteiger partial charge on any atom is -0.333 e. The average molecular weight is 292 g/mol. The summed E-state index contributed by atoms with van der Waals surface area (Å²) >= 11 is 1.67. The summed E-state index contributed by atoms with van der Waals surface area (Å²) < 4.78 is 0. The molecule has 1 N–H and O–H groups in total. The van der Waals surface area contributed by atoms with Crippen molar-refractivity contribution in [3.8, 4) is 0 Å². The van der Waals surface area contributed by atoms with Gasteiger partial charge < -0.3 is 10.2 Å². The van der Waals surface area contributed by atoms with Gasteiger partial charge >= 0.3 is 0 Å². The molecule has 4 heteroatoms.